The van der Waals surface area contributed by atoms with Crippen LogP contribution in [0, 0.1) is 0 Å². The fourth-order valence-electron chi connectivity index (χ4n) is 1.63. The van der Waals surface area contributed by atoms with Crippen molar-refractivity contribution in [1.82, 2.24) is 4.90 Å². The molecule has 114 valence electrons. The van der Waals surface area contributed by atoms with Crippen LogP contribution in [0.2, 0.25) is 0 Å². The number of ketones is 1. The van der Waals surface area contributed by atoms with E-state index in [1.54, 1.807) is 44.1 Å². The van der Waals surface area contributed by atoms with Crippen molar-refractivity contribution in [2.75, 3.05) is 27.8 Å². The number of benzene rings is 1. The number of halogens is 1. The normalized spacial score (nSPS) is 11.0. The average molecular weight is 356 g/mol. The topological polar surface area (TPSA) is 55.8 Å². The van der Waals surface area contributed by atoms with Crippen LogP contribution >= 0.6 is 15.9 Å². The Labute approximate surface area is 132 Å². The lowest BCUT2D eigenvalue weighted by molar-refractivity contribution is -0.138. The second-order valence-corrected chi connectivity index (χ2v) is 5.26. The first-order valence-corrected chi connectivity index (χ1v) is 7.13. The minimum Gasteiger partial charge on any atom is -0.496 e. The van der Waals surface area contributed by atoms with Crippen molar-refractivity contribution in [2.24, 2.45) is 0 Å². The standard InChI is InChI=1S/C15H18BrNO4/c1-5-21-15(19)11(9-17(2)3)14(18)10-6-7-12(16)13(8-10)20-4/h6-9H,5H2,1-4H3. The molecule has 1 aromatic carbocycles. The fourth-order valence-corrected chi connectivity index (χ4v) is 2.04. The Morgan fingerprint density at radius 2 is 2.00 bits per heavy atom. The zero-order chi connectivity index (χ0) is 16.0. The van der Waals surface area contributed by atoms with Gasteiger partial charge >= 0.3 is 5.97 Å². The monoisotopic (exact) mass is 355 g/mol. The maximum atomic E-state index is 12.5. The highest BCUT2D eigenvalue weighted by molar-refractivity contribution is 9.10. The van der Waals surface area contributed by atoms with E-state index in [0.717, 1.165) is 4.47 Å². The number of methoxy groups -OCH3 is 1. The van der Waals surface area contributed by atoms with E-state index in [1.807, 2.05) is 0 Å². The van der Waals surface area contributed by atoms with Gasteiger partial charge in [-0.1, -0.05) is 0 Å². The summed E-state index contributed by atoms with van der Waals surface area (Å²) in [7, 11) is 4.97. The summed E-state index contributed by atoms with van der Waals surface area (Å²) in [6, 6.07) is 4.90. The van der Waals surface area contributed by atoms with Gasteiger partial charge in [-0.05, 0) is 41.1 Å². The van der Waals surface area contributed by atoms with Gasteiger partial charge in [-0.15, -0.1) is 0 Å². The van der Waals surface area contributed by atoms with Crippen LogP contribution in [0.1, 0.15) is 17.3 Å². The van der Waals surface area contributed by atoms with Gasteiger partial charge in [-0.25, -0.2) is 4.79 Å². The zero-order valence-electron chi connectivity index (χ0n) is 12.5. The molecule has 0 spiro atoms. The van der Waals surface area contributed by atoms with Crippen LogP contribution in [0.4, 0.5) is 0 Å². The van der Waals surface area contributed by atoms with Gasteiger partial charge in [0.1, 0.15) is 11.3 Å². The van der Waals surface area contributed by atoms with Crippen molar-refractivity contribution in [2.45, 2.75) is 6.92 Å². The molecule has 0 N–H and O–H groups in total. The van der Waals surface area contributed by atoms with Crippen LogP contribution in [-0.4, -0.2) is 44.5 Å². The van der Waals surface area contributed by atoms with E-state index in [1.165, 1.54) is 13.3 Å². The third-order valence-electron chi connectivity index (χ3n) is 2.54. The van der Waals surface area contributed by atoms with Crippen LogP contribution in [0.3, 0.4) is 0 Å². The van der Waals surface area contributed by atoms with Crippen LogP contribution in [0.5, 0.6) is 5.75 Å². The predicted octanol–water partition coefficient (Wildman–Crippen LogP) is 2.65. The van der Waals surface area contributed by atoms with E-state index >= 15 is 0 Å². The summed E-state index contributed by atoms with van der Waals surface area (Å²) >= 11 is 3.32. The highest BCUT2D eigenvalue weighted by Crippen LogP contribution is 2.26. The molecule has 0 radical (unpaired) electrons. The number of Topliss-reactive ketones (excluding diaryl/α,β-unsaturated/α-hetero) is 1. The molecule has 0 atom stereocenters. The van der Waals surface area contributed by atoms with Crippen molar-refractivity contribution in [3.8, 4) is 5.75 Å². The van der Waals surface area contributed by atoms with Gasteiger partial charge in [0.25, 0.3) is 0 Å². The lowest BCUT2D eigenvalue weighted by Crippen LogP contribution is -2.19. The Morgan fingerprint density at radius 1 is 1.33 bits per heavy atom. The summed E-state index contributed by atoms with van der Waals surface area (Å²) < 4.78 is 10.8. The number of rotatable bonds is 6. The predicted molar refractivity (Wildman–Crippen MR) is 83.4 cm³/mol. The molecule has 1 rings (SSSR count). The summed E-state index contributed by atoms with van der Waals surface area (Å²) in [5.74, 6) is -0.528. The van der Waals surface area contributed by atoms with Crippen LogP contribution in [0.15, 0.2) is 34.4 Å². The number of ether oxygens (including phenoxy) is 2. The minimum atomic E-state index is -0.641. The molecular formula is C15H18BrNO4. The first kappa shape index (κ1) is 17.2. The summed E-state index contributed by atoms with van der Waals surface area (Å²) in [5, 5.41) is 0. The SMILES string of the molecule is CCOC(=O)C(=CN(C)C)C(=O)c1ccc(Br)c(OC)c1. The van der Waals surface area contributed by atoms with Crippen molar-refractivity contribution in [1.29, 1.82) is 0 Å². The number of hydrogen-bond acceptors (Lipinski definition) is 5. The molecule has 5 nitrogen and oxygen atoms in total. The number of carbonyl (C=O) groups is 2. The second-order valence-electron chi connectivity index (χ2n) is 4.41. The van der Waals surface area contributed by atoms with Gasteiger partial charge in [0.05, 0.1) is 18.2 Å². The van der Waals surface area contributed by atoms with Crippen molar-refractivity contribution < 1.29 is 19.1 Å². The van der Waals surface area contributed by atoms with E-state index in [-0.39, 0.29) is 12.2 Å². The molecule has 21 heavy (non-hydrogen) atoms. The van der Waals surface area contributed by atoms with Crippen LogP contribution in [0.25, 0.3) is 0 Å². The lowest BCUT2D eigenvalue weighted by Gasteiger charge is -2.11. The molecular weight excluding hydrogens is 338 g/mol. The number of carbonyl (C=O) groups excluding carboxylic acids is 2. The largest absolute Gasteiger partial charge is 0.496 e. The first-order chi connectivity index (χ1) is 9.90. The summed E-state index contributed by atoms with van der Waals surface area (Å²) in [6.45, 7) is 1.90. The highest BCUT2D eigenvalue weighted by atomic mass is 79.9. The summed E-state index contributed by atoms with van der Waals surface area (Å²) in [5.41, 5.74) is 0.336. The molecule has 0 heterocycles. The molecule has 0 bridgehead atoms. The van der Waals surface area contributed by atoms with Crippen molar-refractivity contribution >= 4 is 27.7 Å². The lowest BCUT2D eigenvalue weighted by atomic mass is 10.0. The van der Waals surface area contributed by atoms with Crippen LogP contribution in [-0.2, 0) is 9.53 Å². The molecule has 0 aliphatic carbocycles. The van der Waals surface area contributed by atoms with E-state index in [4.69, 9.17) is 9.47 Å². The highest BCUT2D eigenvalue weighted by Gasteiger charge is 2.22. The first-order valence-electron chi connectivity index (χ1n) is 6.34. The second kappa shape index (κ2) is 7.83. The Balaban J connectivity index is 3.20. The van der Waals surface area contributed by atoms with Gasteiger partial charge in [-0.2, -0.15) is 0 Å². The molecule has 0 aliphatic heterocycles. The maximum absolute atomic E-state index is 12.5. The quantitative estimate of drug-likeness (QED) is 0.258. The molecule has 0 amide bonds. The summed E-state index contributed by atoms with van der Waals surface area (Å²) in [6.07, 6.45) is 1.45. The van der Waals surface area contributed by atoms with Crippen LogP contribution < -0.4 is 4.74 Å². The Hall–Kier alpha value is -1.82. The number of hydrogen-bond donors (Lipinski definition) is 0. The average Bonchev–Trinajstić information content (AvgIpc) is 2.44. The molecule has 0 fully saturated rings. The van der Waals surface area contributed by atoms with E-state index in [9.17, 15) is 9.59 Å². The van der Waals surface area contributed by atoms with E-state index in [2.05, 4.69) is 15.9 Å². The molecule has 0 aromatic heterocycles. The van der Waals surface area contributed by atoms with Crippen molar-refractivity contribution in [3.63, 3.8) is 0 Å². The Bertz CT molecular complexity index is 567. The fraction of sp³-hybridized carbons (Fsp3) is 0.333. The Kier molecular flexibility index (Phi) is 6.42. The third kappa shape index (κ3) is 4.60. The molecule has 0 aliphatic rings. The molecule has 6 heteroatoms. The smallest absolute Gasteiger partial charge is 0.343 e. The van der Waals surface area contributed by atoms with E-state index < -0.39 is 11.8 Å². The van der Waals surface area contributed by atoms with Crippen molar-refractivity contribution in [3.05, 3.63) is 40.0 Å². The molecule has 0 unspecified atom stereocenters. The third-order valence-corrected chi connectivity index (χ3v) is 3.20. The maximum Gasteiger partial charge on any atom is 0.343 e. The van der Waals surface area contributed by atoms with Gasteiger partial charge in [0.2, 0.25) is 5.78 Å². The molecule has 0 saturated carbocycles. The van der Waals surface area contributed by atoms with Gasteiger partial charge < -0.3 is 14.4 Å². The van der Waals surface area contributed by atoms with Gasteiger partial charge in [-0.3, -0.25) is 4.79 Å². The number of nitrogens with zero attached hydrogens (tertiary/aromatic N) is 1. The Morgan fingerprint density at radius 3 is 2.52 bits per heavy atom. The molecule has 0 saturated heterocycles. The molecule has 1 aromatic rings. The zero-order valence-corrected chi connectivity index (χ0v) is 14.1. The minimum absolute atomic E-state index is 0.0220. The van der Waals surface area contributed by atoms with Gasteiger partial charge in [0, 0.05) is 25.9 Å². The summed E-state index contributed by atoms with van der Waals surface area (Å²) in [4.78, 5) is 26.1. The van der Waals surface area contributed by atoms with E-state index in [0.29, 0.717) is 11.3 Å². The number of esters is 1. The van der Waals surface area contributed by atoms with Gasteiger partial charge in [0.15, 0.2) is 0 Å².